The van der Waals surface area contributed by atoms with Crippen LogP contribution in [-0.2, 0) is 6.54 Å². The molecule has 1 aliphatic heterocycles. The van der Waals surface area contributed by atoms with Crippen molar-refractivity contribution in [1.29, 1.82) is 0 Å². The molecule has 128 valence electrons. The number of pyridine rings is 1. The van der Waals surface area contributed by atoms with E-state index in [-0.39, 0.29) is 5.91 Å². The molecule has 1 aliphatic rings. The second-order valence-electron chi connectivity index (χ2n) is 6.30. The molecule has 0 aromatic carbocycles. The van der Waals surface area contributed by atoms with E-state index >= 15 is 0 Å². The lowest BCUT2D eigenvalue weighted by molar-refractivity contribution is 0.0946. The maximum absolute atomic E-state index is 12.3. The molecule has 6 heteroatoms. The standard InChI is InChI=1S/C18H25N5O/c1-14-16(22-13-21-14)18(24)20-12-15-8-7-9-19-17(15)23-10-5-3-2-4-6-11-23/h7-9,13H,2-6,10-12H2,1H3,(H,20,24)(H,21,22). The number of nitrogens with zero attached hydrogens (tertiary/aromatic N) is 3. The van der Waals surface area contributed by atoms with Gasteiger partial charge in [0.1, 0.15) is 11.5 Å². The number of aryl methyl sites for hydroxylation is 1. The van der Waals surface area contributed by atoms with Crippen LogP contribution >= 0.6 is 0 Å². The van der Waals surface area contributed by atoms with E-state index in [9.17, 15) is 4.79 Å². The van der Waals surface area contributed by atoms with Crippen LogP contribution in [0.3, 0.4) is 0 Å². The number of H-pyrrole nitrogens is 1. The molecule has 3 heterocycles. The second kappa shape index (κ2) is 7.95. The zero-order valence-corrected chi connectivity index (χ0v) is 14.2. The quantitative estimate of drug-likeness (QED) is 0.905. The van der Waals surface area contributed by atoms with E-state index < -0.39 is 0 Å². The molecule has 2 aromatic rings. The lowest BCUT2D eigenvalue weighted by Gasteiger charge is -2.27. The largest absolute Gasteiger partial charge is 0.356 e. The van der Waals surface area contributed by atoms with E-state index in [1.165, 1.54) is 32.1 Å². The van der Waals surface area contributed by atoms with Crippen molar-refractivity contribution in [3.63, 3.8) is 0 Å². The maximum atomic E-state index is 12.3. The molecule has 0 atom stereocenters. The van der Waals surface area contributed by atoms with Crippen LogP contribution in [0.5, 0.6) is 0 Å². The van der Waals surface area contributed by atoms with Gasteiger partial charge in [0.25, 0.3) is 5.91 Å². The molecule has 1 fully saturated rings. The van der Waals surface area contributed by atoms with Crippen LogP contribution in [0.2, 0.25) is 0 Å². The van der Waals surface area contributed by atoms with Gasteiger partial charge in [-0.25, -0.2) is 9.97 Å². The third-order valence-corrected chi connectivity index (χ3v) is 4.51. The average molecular weight is 327 g/mol. The molecule has 2 N–H and O–H groups in total. The second-order valence-corrected chi connectivity index (χ2v) is 6.30. The fourth-order valence-corrected chi connectivity index (χ4v) is 3.16. The van der Waals surface area contributed by atoms with Crippen molar-refractivity contribution in [2.45, 2.75) is 45.6 Å². The van der Waals surface area contributed by atoms with Crippen LogP contribution in [0.25, 0.3) is 0 Å². The van der Waals surface area contributed by atoms with E-state index in [0.29, 0.717) is 12.2 Å². The highest BCUT2D eigenvalue weighted by atomic mass is 16.1. The average Bonchev–Trinajstić information content (AvgIpc) is 2.99. The number of carbonyl (C=O) groups excluding carboxylic acids is 1. The molecule has 0 saturated carbocycles. The molecule has 24 heavy (non-hydrogen) atoms. The fourth-order valence-electron chi connectivity index (χ4n) is 3.16. The molecule has 0 bridgehead atoms. The molecule has 0 radical (unpaired) electrons. The van der Waals surface area contributed by atoms with Crippen molar-refractivity contribution in [1.82, 2.24) is 20.3 Å². The summed E-state index contributed by atoms with van der Waals surface area (Å²) >= 11 is 0. The lowest BCUT2D eigenvalue weighted by atomic mass is 10.1. The number of nitrogens with one attached hydrogen (secondary N) is 2. The van der Waals surface area contributed by atoms with Crippen LogP contribution in [0.15, 0.2) is 24.7 Å². The number of rotatable bonds is 4. The van der Waals surface area contributed by atoms with Crippen LogP contribution in [0.4, 0.5) is 5.82 Å². The van der Waals surface area contributed by atoms with Crippen LogP contribution in [0, 0.1) is 6.92 Å². The molecule has 1 saturated heterocycles. The van der Waals surface area contributed by atoms with Crippen molar-refractivity contribution < 1.29 is 4.79 Å². The summed E-state index contributed by atoms with van der Waals surface area (Å²) in [6.07, 6.45) is 9.69. The van der Waals surface area contributed by atoms with Gasteiger partial charge in [-0.1, -0.05) is 25.3 Å². The van der Waals surface area contributed by atoms with Gasteiger partial charge < -0.3 is 15.2 Å². The first-order valence-electron chi connectivity index (χ1n) is 8.72. The normalized spacial score (nSPS) is 15.6. The van der Waals surface area contributed by atoms with Crippen LogP contribution < -0.4 is 10.2 Å². The summed E-state index contributed by atoms with van der Waals surface area (Å²) in [6.45, 7) is 4.38. The molecule has 6 nitrogen and oxygen atoms in total. The van der Waals surface area contributed by atoms with Gasteiger partial charge in [0.2, 0.25) is 0 Å². The maximum Gasteiger partial charge on any atom is 0.272 e. The Labute approximate surface area is 142 Å². The number of aromatic amines is 1. The molecule has 0 unspecified atom stereocenters. The third-order valence-electron chi connectivity index (χ3n) is 4.51. The van der Waals surface area contributed by atoms with Crippen LogP contribution in [0.1, 0.15) is 53.8 Å². The Hall–Kier alpha value is -2.37. The van der Waals surface area contributed by atoms with Crippen LogP contribution in [-0.4, -0.2) is 33.9 Å². The minimum Gasteiger partial charge on any atom is -0.356 e. The SMILES string of the molecule is Cc1[nH]cnc1C(=O)NCc1cccnc1N1CCCCCCC1. The summed E-state index contributed by atoms with van der Waals surface area (Å²) in [6, 6.07) is 3.97. The van der Waals surface area contributed by atoms with E-state index in [4.69, 9.17) is 0 Å². The number of carbonyl (C=O) groups is 1. The zero-order chi connectivity index (χ0) is 16.8. The van der Waals surface area contributed by atoms with Crippen molar-refractivity contribution in [2.75, 3.05) is 18.0 Å². The van der Waals surface area contributed by atoms with Crippen molar-refractivity contribution >= 4 is 11.7 Å². The smallest absolute Gasteiger partial charge is 0.272 e. The summed E-state index contributed by atoms with van der Waals surface area (Å²) in [5.74, 6) is 0.842. The van der Waals surface area contributed by atoms with Gasteiger partial charge in [0.15, 0.2) is 0 Å². The molecular formula is C18H25N5O. The van der Waals surface area contributed by atoms with Crippen molar-refractivity contribution in [3.8, 4) is 0 Å². The highest BCUT2D eigenvalue weighted by Crippen LogP contribution is 2.21. The Balaban J connectivity index is 1.69. The Morgan fingerprint density at radius 1 is 1.21 bits per heavy atom. The Morgan fingerprint density at radius 2 is 1.96 bits per heavy atom. The first kappa shape index (κ1) is 16.5. The van der Waals surface area contributed by atoms with E-state index in [1.54, 1.807) is 6.33 Å². The molecule has 1 amide bonds. The van der Waals surface area contributed by atoms with Crippen molar-refractivity contribution in [2.24, 2.45) is 0 Å². The predicted molar refractivity (Wildman–Crippen MR) is 94.0 cm³/mol. The summed E-state index contributed by atoms with van der Waals surface area (Å²) < 4.78 is 0. The molecule has 3 rings (SSSR count). The van der Waals surface area contributed by atoms with E-state index in [2.05, 4.69) is 25.2 Å². The highest BCUT2D eigenvalue weighted by molar-refractivity contribution is 5.93. The number of hydrogen-bond donors (Lipinski definition) is 2. The van der Waals surface area contributed by atoms with Gasteiger partial charge in [-0.15, -0.1) is 0 Å². The summed E-state index contributed by atoms with van der Waals surface area (Å²) in [4.78, 5) is 26.2. The summed E-state index contributed by atoms with van der Waals surface area (Å²) in [5.41, 5.74) is 2.29. The summed E-state index contributed by atoms with van der Waals surface area (Å²) in [7, 11) is 0. The first-order chi connectivity index (χ1) is 11.8. The molecule has 0 aliphatic carbocycles. The first-order valence-corrected chi connectivity index (χ1v) is 8.72. The minimum absolute atomic E-state index is 0.156. The van der Waals surface area contributed by atoms with E-state index in [0.717, 1.165) is 30.2 Å². The predicted octanol–water partition coefficient (Wildman–Crippen LogP) is 2.81. The topological polar surface area (TPSA) is 73.9 Å². The van der Waals surface area contributed by atoms with Gasteiger partial charge in [-0.3, -0.25) is 4.79 Å². The zero-order valence-electron chi connectivity index (χ0n) is 14.2. The molecule has 2 aromatic heterocycles. The fraction of sp³-hybridized carbons (Fsp3) is 0.500. The Bertz CT molecular complexity index is 674. The number of aromatic nitrogens is 3. The number of hydrogen-bond acceptors (Lipinski definition) is 4. The molecule has 0 spiro atoms. The van der Waals surface area contributed by atoms with E-state index in [1.807, 2.05) is 25.3 Å². The third kappa shape index (κ3) is 3.93. The number of imidazole rings is 1. The lowest BCUT2D eigenvalue weighted by Crippen LogP contribution is -2.30. The van der Waals surface area contributed by atoms with Gasteiger partial charge in [-0.05, 0) is 25.8 Å². The highest BCUT2D eigenvalue weighted by Gasteiger charge is 2.16. The Kier molecular flexibility index (Phi) is 5.46. The van der Waals surface area contributed by atoms with Gasteiger partial charge >= 0.3 is 0 Å². The number of anilines is 1. The monoisotopic (exact) mass is 327 g/mol. The molecular weight excluding hydrogens is 302 g/mol. The Morgan fingerprint density at radius 3 is 2.67 bits per heavy atom. The van der Waals surface area contributed by atoms with Gasteiger partial charge in [0.05, 0.1) is 6.33 Å². The minimum atomic E-state index is -0.156. The van der Waals surface area contributed by atoms with Crippen molar-refractivity contribution in [3.05, 3.63) is 41.6 Å². The number of amides is 1. The van der Waals surface area contributed by atoms with Gasteiger partial charge in [0, 0.05) is 37.1 Å². The van der Waals surface area contributed by atoms with Gasteiger partial charge in [-0.2, -0.15) is 0 Å². The summed E-state index contributed by atoms with van der Waals surface area (Å²) in [5, 5.41) is 2.96.